The van der Waals surface area contributed by atoms with Crippen LogP contribution in [0.5, 0.6) is 0 Å². The lowest BCUT2D eigenvalue weighted by molar-refractivity contribution is -0.118. The number of halogens is 2. The Hall–Kier alpha value is -2.54. The quantitative estimate of drug-likeness (QED) is 0.271. The molecule has 0 bridgehead atoms. The summed E-state index contributed by atoms with van der Waals surface area (Å²) in [6.07, 6.45) is 1.08. The van der Waals surface area contributed by atoms with Crippen LogP contribution in [0.15, 0.2) is 57.6 Å². The predicted molar refractivity (Wildman–Crippen MR) is 147 cm³/mol. The third-order valence-electron chi connectivity index (χ3n) is 6.84. The van der Waals surface area contributed by atoms with E-state index in [4.69, 9.17) is 28.2 Å². The number of fused-ring (bicyclic) bond motifs is 1. The van der Waals surface area contributed by atoms with E-state index in [2.05, 4.69) is 56.2 Å². The maximum Gasteiger partial charge on any atom is 0.257 e. The number of rotatable bonds is 4. The second kappa shape index (κ2) is 9.40. The molecule has 2 aliphatic rings. The number of aryl methyl sites for hydroxylation is 2. The fourth-order valence-electron chi connectivity index (χ4n) is 5.11. The second-order valence-electron chi connectivity index (χ2n) is 10.4. The van der Waals surface area contributed by atoms with Crippen molar-refractivity contribution in [3.63, 3.8) is 0 Å². The number of allylic oxidation sites excluding steroid dienone is 2. The van der Waals surface area contributed by atoms with Crippen molar-refractivity contribution in [2.24, 2.45) is 5.41 Å². The molecule has 0 fully saturated rings. The largest absolute Gasteiger partial charge is 0.343 e. The summed E-state index contributed by atoms with van der Waals surface area (Å²) in [5, 5.41) is 4.80. The van der Waals surface area contributed by atoms with Crippen molar-refractivity contribution in [2.75, 3.05) is 5.32 Å². The van der Waals surface area contributed by atoms with Gasteiger partial charge < -0.3 is 10.3 Å². The van der Waals surface area contributed by atoms with Crippen molar-refractivity contribution in [1.82, 2.24) is 9.97 Å². The number of thioether (sulfide) groups is 1. The van der Waals surface area contributed by atoms with Crippen molar-refractivity contribution in [1.29, 1.82) is 0 Å². The summed E-state index contributed by atoms with van der Waals surface area (Å²) in [5.74, 6) is 0.561. The number of nitrogens with zero attached hydrogens (tertiary/aromatic N) is 1. The highest BCUT2D eigenvalue weighted by molar-refractivity contribution is 7.98. The minimum absolute atomic E-state index is 0.0168. The number of benzene rings is 2. The first kappa shape index (κ1) is 25.1. The molecule has 5 rings (SSSR count). The van der Waals surface area contributed by atoms with Crippen LogP contribution in [0, 0.1) is 19.3 Å². The number of carbonyl (C=O) groups is 1. The Morgan fingerprint density at radius 3 is 2.61 bits per heavy atom. The van der Waals surface area contributed by atoms with E-state index in [1.807, 2.05) is 0 Å². The van der Waals surface area contributed by atoms with Gasteiger partial charge in [0.25, 0.3) is 5.56 Å². The summed E-state index contributed by atoms with van der Waals surface area (Å²) in [6, 6.07) is 11.5. The van der Waals surface area contributed by atoms with Crippen LogP contribution >= 0.6 is 35.0 Å². The first-order chi connectivity index (χ1) is 17.0. The van der Waals surface area contributed by atoms with E-state index >= 15 is 0 Å². The molecule has 0 saturated heterocycles. The Morgan fingerprint density at radius 1 is 1.08 bits per heavy atom. The van der Waals surface area contributed by atoms with Crippen molar-refractivity contribution in [2.45, 2.75) is 57.4 Å². The zero-order chi connectivity index (χ0) is 25.8. The molecule has 8 heteroatoms. The Kier molecular flexibility index (Phi) is 6.56. The minimum atomic E-state index is -0.612. The van der Waals surface area contributed by atoms with Crippen LogP contribution in [0.4, 0.5) is 5.82 Å². The third-order valence-corrected chi connectivity index (χ3v) is 8.33. The number of hydrogen-bond donors (Lipinski definition) is 2. The van der Waals surface area contributed by atoms with Crippen LogP contribution in [0.3, 0.4) is 0 Å². The summed E-state index contributed by atoms with van der Waals surface area (Å²) in [7, 11) is 0. The van der Waals surface area contributed by atoms with Gasteiger partial charge in [0, 0.05) is 39.4 Å². The van der Waals surface area contributed by atoms with Gasteiger partial charge in [-0.05, 0) is 54.5 Å². The zero-order valence-electron chi connectivity index (χ0n) is 20.6. The van der Waals surface area contributed by atoms with Gasteiger partial charge >= 0.3 is 0 Å². The van der Waals surface area contributed by atoms with Gasteiger partial charge in [0.1, 0.15) is 5.82 Å². The standard InChI is InChI=1S/C28H27Cl2N3O2S/c1-14-5-6-15(2)16(9-14)13-36-27-32-25-24(26(35)33-27)22(18-8-7-17(29)10-19(18)30)23-20(31-25)11-28(3,4)12-21(23)34/h5-10,22H,11-13H2,1-4H3,(H2,31,32,33,35)/t22-/m1/s1. The van der Waals surface area contributed by atoms with Crippen LogP contribution < -0.4 is 10.9 Å². The summed E-state index contributed by atoms with van der Waals surface area (Å²) in [5.41, 5.74) is 5.58. The first-order valence-corrected chi connectivity index (χ1v) is 13.6. The summed E-state index contributed by atoms with van der Waals surface area (Å²) < 4.78 is 0. The predicted octanol–water partition coefficient (Wildman–Crippen LogP) is 7.19. The van der Waals surface area contributed by atoms with E-state index in [1.54, 1.807) is 18.2 Å². The first-order valence-electron chi connectivity index (χ1n) is 11.8. The molecule has 0 saturated carbocycles. The highest BCUT2D eigenvalue weighted by Gasteiger charge is 2.43. The van der Waals surface area contributed by atoms with E-state index in [-0.39, 0.29) is 16.8 Å². The highest BCUT2D eigenvalue weighted by Crippen LogP contribution is 2.49. The molecule has 0 unspecified atom stereocenters. The molecule has 3 aromatic rings. The van der Waals surface area contributed by atoms with Gasteiger partial charge in [0.2, 0.25) is 0 Å². The van der Waals surface area contributed by atoms with Crippen LogP contribution in [-0.4, -0.2) is 15.8 Å². The molecule has 2 aromatic carbocycles. The number of hydrogen-bond acceptors (Lipinski definition) is 5. The molecule has 1 aromatic heterocycles. The number of aromatic nitrogens is 2. The van der Waals surface area contributed by atoms with Crippen molar-refractivity contribution in [3.05, 3.63) is 95.9 Å². The van der Waals surface area contributed by atoms with Crippen LogP contribution in [0.1, 0.15) is 60.4 Å². The fraction of sp³-hybridized carbons (Fsp3) is 0.321. The Morgan fingerprint density at radius 2 is 1.86 bits per heavy atom. The molecule has 36 heavy (non-hydrogen) atoms. The van der Waals surface area contributed by atoms with Crippen molar-refractivity contribution >= 4 is 46.6 Å². The van der Waals surface area contributed by atoms with Gasteiger partial charge in [-0.1, -0.05) is 78.6 Å². The Bertz CT molecular complexity index is 1490. The van der Waals surface area contributed by atoms with Gasteiger partial charge in [0.05, 0.1) is 5.56 Å². The lowest BCUT2D eigenvalue weighted by Crippen LogP contribution is -2.37. The summed E-state index contributed by atoms with van der Waals surface area (Å²) in [4.78, 5) is 34.7. The SMILES string of the molecule is Cc1ccc(C)c(CSc2nc3c(c(=O)[nH]2)[C@H](c2ccc(Cl)cc2Cl)C2=C(CC(C)(C)CC2=O)N3)c1. The smallest absolute Gasteiger partial charge is 0.257 e. The van der Waals surface area contributed by atoms with Gasteiger partial charge in [0.15, 0.2) is 10.9 Å². The Labute approximate surface area is 224 Å². The number of anilines is 1. The number of nitrogens with one attached hydrogen (secondary N) is 2. The molecule has 5 nitrogen and oxygen atoms in total. The molecular weight excluding hydrogens is 513 g/mol. The lowest BCUT2D eigenvalue weighted by atomic mass is 9.69. The van der Waals surface area contributed by atoms with E-state index in [9.17, 15) is 9.59 Å². The van der Waals surface area contributed by atoms with Gasteiger partial charge in [-0.25, -0.2) is 4.98 Å². The maximum atomic E-state index is 13.5. The summed E-state index contributed by atoms with van der Waals surface area (Å²) in [6.45, 7) is 8.30. The lowest BCUT2D eigenvalue weighted by Gasteiger charge is -2.38. The molecule has 0 radical (unpaired) electrons. The normalized spacial score (nSPS) is 18.5. The van der Waals surface area contributed by atoms with Gasteiger partial charge in [-0.2, -0.15) is 0 Å². The average Bonchev–Trinajstić information content (AvgIpc) is 2.77. The monoisotopic (exact) mass is 539 g/mol. The van der Waals surface area contributed by atoms with Gasteiger partial charge in [-0.3, -0.25) is 9.59 Å². The van der Waals surface area contributed by atoms with E-state index in [0.29, 0.717) is 56.3 Å². The summed E-state index contributed by atoms with van der Waals surface area (Å²) >= 11 is 14.3. The van der Waals surface area contributed by atoms with Crippen molar-refractivity contribution in [3.8, 4) is 0 Å². The molecule has 0 amide bonds. The molecule has 2 heterocycles. The van der Waals surface area contributed by atoms with Crippen molar-refractivity contribution < 1.29 is 4.79 Å². The number of carbonyl (C=O) groups excluding carboxylic acids is 1. The zero-order valence-corrected chi connectivity index (χ0v) is 22.9. The topological polar surface area (TPSA) is 74.8 Å². The molecule has 186 valence electrons. The highest BCUT2D eigenvalue weighted by atomic mass is 35.5. The third kappa shape index (κ3) is 4.74. The molecular formula is C28H27Cl2N3O2S. The maximum absolute atomic E-state index is 13.5. The fourth-order valence-corrected chi connectivity index (χ4v) is 6.55. The number of aromatic amines is 1. The molecule has 1 aliphatic heterocycles. The van der Waals surface area contributed by atoms with E-state index in [0.717, 1.165) is 5.70 Å². The second-order valence-corrected chi connectivity index (χ2v) is 12.2. The van der Waals surface area contributed by atoms with E-state index in [1.165, 1.54) is 28.5 Å². The van der Waals surface area contributed by atoms with E-state index < -0.39 is 5.92 Å². The number of ketones is 1. The van der Waals surface area contributed by atoms with Crippen LogP contribution in [0.2, 0.25) is 10.0 Å². The van der Waals surface area contributed by atoms with Crippen LogP contribution in [0.25, 0.3) is 0 Å². The molecule has 1 aliphatic carbocycles. The Balaban J connectivity index is 1.60. The number of Topliss-reactive ketones (excluding diaryl/α,β-unsaturated/α-hetero) is 1. The average molecular weight is 541 g/mol. The molecule has 2 N–H and O–H groups in total. The molecule has 1 atom stereocenters. The van der Waals surface area contributed by atoms with Gasteiger partial charge in [-0.15, -0.1) is 0 Å². The molecule has 0 spiro atoms. The van der Waals surface area contributed by atoms with Crippen LogP contribution in [-0.2, 0) is 10.5 Å². The number of H-pyrrole nitrogens is 1. The minimum Gasteiger partial charge on any atom is -0.343 e.